The Balaban J connectivity index is 1.63. The van der Waals surface area contributed by atoms with E-state index in [1.165, 1.54) is 0 Å². The summed E-state index contributed by atoms with van der Waals surface area (Å²) in [5.41, 5.74) is 8.38. The third kappa shape index (κ3) is 3.77. The van der Waals surface area contributed by atoms with Crippen LogP contribution in [0.5, 0.6) is 5.75 Å². The normalized spacial score (nSPS) is 15.9. The molecule has 0 saturated heterocycles. The first-order valence-electron chi connectivity index (χ1n) is 8.44. The maximum Gasteiger partial charge on any atom is 0.244 e. The molecule has 0 bridgehead atoms. The summed E-state index contributed by atoms with van der Waals surface area (Å²) in [6.45, 7) is 2.49. The van der Waals surface area contributed by atoms with Crippen LogP contribution >= 0.6 is 0 Å². The lowest BCUT2D eigenvalue weighted by Gasteiger charge is -2.23. The summed E-state index contributed by atoms with van der Waals surface area (Å²) in [7, 11) is 0. The van der Waals surface area contributed by atoms with Crippen molar-refractivity contribution in [1.82, 2.24) is 0 Å². The van der Waals surface area contributed by atoms with E-state index in [0.717, 1.165) is 48.2 Å². The molecule has 0 heterocycles. The minimum Gasteiger partial charge on any atom is -0.489 e. The fourth-order valence-electron chi connectivity index (χ4n) is 3.09. The van der Waals surface area contributed by atoms with Crippen molar-refractivity contribution in [3.8, 4) is 5.75 Å². The zero-order valence-corrected chi connectivity index (χ0v) is 14.0. The largest absolute Gasteiger partial charge is 0.489 e. The molecule has 1 aliphatic rings. The minimum atomic E-state index is -0.713. The summed E-state index contributed by atoms with van der Waals surface area (Å²) in [6.07, 6.45) is 3.57. The summed E-state index contributed by atoms with van der Waals surface area (Å²) in [5, 5.41) is 2.97. The van der Waals surface area contributed by atoms with E-state index in [1.807, 2.05) is 55.5 Å². The third-order valence-electron chi connectivity index (χ3n) is 4.64. The Morgan fingerprint density at radius 3 is 2.54 bits per heavy atom. The molecule has 126 valence electrons. The van der Waals surface area contributed by atoms with Gasteiger partial charge in [0.1, 0.15) is 12.4 Å². The van der Waals surface area contributed by atoms with Crippen LogP contribution in [0, 0.1) is 6.92 Å². The third-order valence-corrected chi connectivity index (χ3v) is 4.64. The number of nitrogens with two attached hydrogens (primary N) is 1. The highest BCUT2D eigenvalue weighted by atomic mass is 16.5. The van der Waals surface area contributed by atoms with Crippen LogP contribution in [0.3, 0.4) is 0 Å². The molecule has 3 N–H and O–H groups in total. The Morgan fingerprint density at radius 1 is 1.17 bits per heavy atom. The number of hydrogen-bond acceptors (Lipinski definition) is 3. The van der Waals surface area contributed by atoms with Crippen LogP contribution in [0.25, 0.3) is 0 Å². The Hall–Kier alpha value is -2.33. The topological polar surface area (TPSA) is 64.3 Å². The van der Waals surface area contributed by atoms with Crippen molar-refractivity contribution in [2.75, 3.05) is 5.32 Å². The summed E-state index contributed by atoms with van der Waals surface area (Å²) < 4.78 is 5.82. The van der Waals surface area contributed by atoms with Gasteiger partial charge in [-0.25, -0.2) is 0 Å². The lowest BCUT2D eigenvalue weighted by Crippen LogP contribution is -2.48. The van der Waals surface area contributed by atoms with E-state index >= 15 is 0 Å². The van der Waals surface area contributed by atoms with Gasteiger partial charge in [0.25, 0.3) is 0 Å². The Bertz CT molecular complexity index is 707. The fraction of sp³-hybridized carbons (Fsp3) is 0.350. The zero-order valence-electron chi connectivity index (χ0n) is 14.0. The van der Waals surface area contributed by atoms with Crippen molar-refractivity contribution < 1.29 is 9.53 Å². The lowest BCUT2D eigenvalue weighted by molar-refractivity contribution is -0.121. The number of benzene rings is 2. The van der Waals surface area contributed by atoms with Crippen LogP contribution in [-0.2, 0) is 11.4 Å². The molecule has 1 fully saturated rings. The first-order valence-corrected chi connectivity index (χ1v) is 8.44. The maximum atomic E-state index is 12.4. The van der Waals surface area contributed by atoms with Gasteiger partial charge in [-0.2, -0.15) is 0 Å². The predicted octanol–water partition coefficient (Wildman–Crippen LogP) is 3.78. The number of nitrogens with one attached hydrogen (secondary N) is 1. The standard InChI is InChI=1S/C20H24N2O2/c1-15-13-17(24-14-16-7-3-2-4-8-16)9-10-18(15)22-19(23)20(21)11-5-6-12-20/h2-4,7-10,13H,5-6,11-12,14,21H2,1H3,(H,22,23). The van der Waals surface area contributed by atoms with Crippen molar-refractivity contribution in [3.05, 3.63) is 59.7 Å². The molecule has 4 nitrogen and oxygen atoms in total. The highest BCUT2D eigenvalue weighted by Gasteiger charge is 2.37. The van der Waals surface area contributed by atoms with E-state index in [9.17, 15) is 4.79 Å². The van der Waals surface area contributed by atoms with Crippen molar-refractivity contribution in [1.29, 1.82) is 0 Å². The minimum absolute atomic E-state index is 0.0824. The first kappa shape index (κ1) is 16.5. The fourth-order valence-corrected chi connectivity index (χ4v) is 3.09. The average molecular weight is 324 g/mol. The Morgan fingerprint density at radius 2 is 1.88 bits per heavy atom. The molecule has 1 amide bonds. The molecular weight excluding hydrogens is 300 g/mol. The quantitative estimate of drug-likeness (QED) is 0.879. The number of carbonyl (C=O) groups is 1. The highest BCUT2D eigenvalue weighted by molar-refractivity contribution is 5.98. The first-order chi connectivity index (χ1) is 11.6. The molecule has 1 aliphatic carbocycles. The number of amides is 1. The molecule has 0 aromatic heterocycles. The van der Waals surface area contributed by atoms with Crippen LogP contribution in [0.15, 0.2) is 48.5 Å². The van der Waals surface area contributed by atoms with Crippen LogP contribution in [0.4, 0.5) is 5.69 Å². The number of rotatable bonds is 5. The molecule has 0 atom stereocenters. The van der Waals surface area contributed by atoms with Crippen LogP contribution in [0.1, 0.15) is 36.8 Å². The number of hydrogen-bond donors (Lipinski definition) is 2. The van der Waals surface area contributed by atoms with Gasteiger partial charge in [0.05, 0.1) is 5.54 Å². The van der Waals surface area contributed by atoms with Crippen molar-refractivity contribution >= 4 is 11.6 Å². The second-order valence-corrected chi connectivity index (χ2v) is 6.57. The SMILES string of the molecule is Cc1cc(OCc2ccccc2)ccc1NC(=O)C1(N)CCCC1. The Labute approximate surface area is 143 Å². The van der Waals surface area contributed by atoms with Gasteiger partial charge in [0.2, 0.25) is 5.91 Å². The van der Waals surface area contributed by atoms with E-state index in [-0.39, 0.29) is 5.91 Å². The summed E-state index contributed by atoms with van der Waals surface area (Å²) in [5.74, 6) is 0.707. The van der Waals surface area contributed by atoms with E-state index in [1.54, 1.807) is 0 Å². The summed E-state index contributed by atoms with van der Waals surface area (Å²) in [4.78, 5) is 12.4. The van der Waals surface area contributed by atoms with Crippen LogP contribution < -0.4 is 15.8 Å². The molecule has 2 aromatic carbocycles. The summed E-state index contributed by atoms with van der Waals surface area (Å²) >= 11 is 0. The van der Waals surface area contributed by atoms with Gasteiger partial charge in [-0.3, -0.25) is 4.79 Å². The van der Waals surface area contributed by atoms with Gasteiger partial charge in [-0.05, 0) is 49.1 Å². The molecule has 2 aromatic rings. The molecule has 3 rings (SSSR count). The van der Waals surface area contributed by atoms with Gasteiger partial charge in [-0.1, -0.05) is 43.2 Å². The number of aryl methyl sites for hydroxylation is 1. The molecule has 1 saturated carbocycles. The number of anilines is 1. The van der Waals surface area contributed by atoms with E-state index < -0.39 is 5.54 Å². The molecule has 0 spiro atoms. The van der Waals surface area contributed by atoms with Crippen molar-refractivity contribution in [2.24, 2.45) is 5.73 Å². The van der Waals surface area contributed by atoms with Gasteiger partial charge in [0.15, 0.2) is 0 Å². The van der Waals surface area contributed by atoms with Gasteiger partial charge >= 0.3 is 0 Å². The molecule has 24 heavy (non-hydrogen) atoms. The van der Waals surface area contributed by atoms with Gasteiger partial charge in [-0.15, -0.1) is 0 Å². The highest BCUT2D eigenvalue weighted by Crippen LogP contribution is 2.29. The summed E-state index contributed by atoms with van der Waals surface area (Å²) in [6, 6.07) is 15.7. The van der Waals surface area contributed by atoms with E-state index in [4.69, 9.17) is 10.5 Å². The van der Waals surface area contributed by atoms with Crippen LogP contribution in [-0.4, -0.2) is 11.4 Å². The number of carbonyl (C=O) groups excluding carboxylic acids is 1. The Kier molecular flexibility index (Phi) is 4.86. The lowest BCUT2D eigenvalue weighted by atomic mass is 9.98. The second kappa shape index (κ2) is 7.05. The molecule has 0 aliphatic heterocycles. The van der Waals surface area contributed by atoms with Gasteiger partial charge in [0, 0.05) is 5.69 Å². The molecule has 0 radical (unpaired) electrons. The smallest absolute Gasteiger partial charge is 0.244 e. The average Bonchev–Trinajstić information content (AvgIpc) is 3.04. The van der Waals surface area contributed by atoms with Crippen molar-refractivity contribution in [2.45, 2.75) is 44.8 Å². The molecular formula is C20H24N2O2. The predicted molar refractivity (Wildman–Crippen MR) is 96.0 cm³/mol. The molecule has 4 heteroatoms. The number of ether oxygens (including phenoxy) is 1. The molecule has 0 unspecified atom stereocenters. The monoisotopic (exact) mass is 324 g/mol. The van der Waals surface area contributed by atoms with E-state index in [0.29, 0.717) is 6.61 Å². The van der Waals surface area contributed by atoms with Crippen molar-refractivity contribution in [3.63, 3.8) is 0 Å². The second-order valence-electron chi connectivity index (χ2n) is 6.57. The van der Waals surface area contributed by atoms with E-state index in [2.05, 4.69) is 5.32 Å². The van der Waals surface area contributed by atoms with Gasteiger partial charge < -0.3 is 15.8 Å². The zero-order chi connectivity index (χ0) is 17.0. The maximum absolute atomic E-state index is 12.4. The van der Waals surface area contributed by atoms with Crippen LogP contribution in [0.2, 0.25) is 0 Å².